The van der Waals surface area contributed by atoms with Crippen LogP contribution in [0.15, 0.2) is 54.6 Å². The molecule has 0 aliphatic carbocycles. The highest BCUT2D eigenvalue weighted by atomic mass is 16.2. The molecule has 1 N–H and O–H groups in total. The van der Waals surface area contributed by atoms with Crippen LogP contribution in [0.4, 0.5) is 10.5 Å². The van der Waals surface area contributed by atoms with Gasteiger partial charge < -0.3 is 15.1 Å². The fraction of sp³-hybridized carbons (Fsp3) is 0.417. The second kappa shape index (κ2) is 9.12. The van der Waals surface area contributed by atoms with E-state index >= 15 is 0 Å². The van der Waals surface area contributed by atoms with Crippen LogP contribution in [-0.4, -0.2) is 36.5 Å². The molecule has 0 unspecified atom stereocenters. The second-order valence-electron chi connectivity index (χ2n) is 8.09. The molecule has 2 saturated heterocycles. The van der Waals surface area contributed by atoms with E-state index in [1.807, 2.05) is 34.1 Å². The molecule has 0 bridgehead atoms. The summed E-state index contributed by atoms with van der Waals surface area (Å²) >= 11 is 0. The predicted octanol–water partition coefficient (Wildman–Crippen LogP) is 3.98. The van der Waals surface area contributed by atoms with Gasteiger partial charge in [-0.3, -0.25) is 4.79 Å². The number of urea groups is 1. The summed E-state index contributed by atoms with van der Waals surface area (Å²) in [6, 6.07) is 18.5. The van der Waals surface area contributed by atoms with E-state index in [1.165, 1.54) is 5.56 Å². The molecule has 5 heteroatoms. The molecule has 2 aliphatic heterocycles. The van der Waals surface area contributed by atoms with Gasteiger partial charge in [-0.15, -0.1) is 0 Å². The summed E-state index contributed by atoms with van der Waals surface area (Å²) in [6.07, 6.45) is 4.78. The minimum atomic E-state index is 0.0157. The van der Waals surface area contributed by atoms with Crippen molar-refractivity contribution in [2.45, 2.75) is 38.6 Å². The van der Waals surface area contributed by atoms with Crippen molar-refractivity contribution >= 4 is 17.6 Å². The molecule has 0 atom stereocenters. The molecule has 5 nitrogen and oxygen atoms in total. The van der Waals surface area contributed by atoms with E-state index < -0.39 is 0 Å². The summed E-state index contributed by atoms with van der Waals surface area (Å²) in [5.41, 5.74) is 3.38. The topological polar surface area (TPSA) is 52.7 Å². The van der Waals surface area contributed by atoms with Crippen molar-refractivity contribution in [3.05, 3.63) is 65.7 Å². The Kier molecular flexibility index (Phi) is 6.13. The number of nitrogens with one attached hydrogen (secondary N) is 1. The Hall–Kier alpha value is -2.82. The first-order chi connectivity index (χ1) is 14.2. The zero-order chi connectivity index (χ0) is 20.1. The number of anilines is 1. The third-order valence-electron chi connectivity index (χ3n) is 6.03. The summed E-state index contributed by atoms with van der Waals surface area (Å²) < 4.78 is 0. The number of hydrogen-bond donors (Lipinski definition) is 1. The standard InChI is InChI=1S/C24H29N3O2/c28-23-7-4-14-27(23)22-10-8-21(9-11-22)18-25-24(29)26-15-12-20(13-16-26)17-19-5-2-1-3-6-19/h1-3,5-6,8-11,20H,4,7,12-18H2,(H,25,29). The smallest absolute Gasteiger partial charge is 0.317 e. The van der Waals surface area contributed by atoms with Crippen LogP contribution in [0.2, 0.25) is 0 Å². The molecule has 152 valence electrons. The Labute approximate surface area is 172 Å². The summed E-state index contributed by atoms with van der Waals surface area (Å²) in [7, 11) is 0. The number of amides is 3. The number of carbonyl (C=O) groups is 2. The molecule has 2 aromatic carbocycles. The highest BCUT2D eigenvalue weighted by Gasteiger charge is 2.23. The Bertz CT molecular complexity index is 827. The number of nitrogens with zero attached hydrogens (tertiary/aromatic N) is 2. The lowest BCUT2D eigenvalue weighted by atomic mass is 9.90. The average Bonchev–Trinajstić information content (AvgIpc) is 3.19. The van der Waals surface area contributed by atoms with Crippen LogP contribution < -0.4 is 10.2 Å². The van der Waals surface area contributed by atoms with Gasteiger partial charge in [-0.2, -0.15) is 0 Å². The first-order valence-electron chi connectivity index (χ1n) is 10.6. The van der Waals surface area contributed by atoms with Gasteiger partial charge in [0, 0.05) is 38.3 Å². The Balaban J connectivity index is 1.21. The van der Waals surface area contributed by atoms with Crippen LogP contribution in [0.1, 0.15) is 36.8 Å². The number of piperidine rings is 1. The van der Waals surface area contributed by atoms with Crippen LogP contribution in [-0.2, 0) is 17.8 Å². The Morgan fingerprint density at radius 2 is 1.66 bits per heavy atom. The van der Waals surface area contributed by atoms with Gasteiger partial charge in [-0.25, -0.2) is 4.79 Å². The molecule has 2 heterocycles. The van der Waals surface area contributed by atoms with Crippen LogP contribution in [0.5, 0.6) is 0 Å². The molecule has 0 spiro atoms. The lowest BCUT2D eigenvalue weighted by Gasteiger charge is -2.32. The number of benzene rings is 2. The van der Waals surface area contributed by atoms with Gasteiger partial charge in [0.25, 0.3) is 0 Å². The van der Waals surface area contributed by atoms with Crippen molar-refractivity contribution in [2.75, 3.05) is 24.5 Å². The van der Waals surface area contributed by atoms with Gasteiger partial charge >= 0.3 is 6.03 Å². The minimum absolute atomic E-state index is 0.0157. The second-order valence-corrected chi connectivity index (χ2v) is 8.09. The van der Waals surface area contributed by atoms with E-state index in [0.29, 0.717) is 18.9 Å². The Morgan fingerprint density at radius 3 is 2.31 bits per heavy atom. The van der Waals surface area contributed by atoms with Crippen LogP contribution in [0.3, 0.4) is 0 Å². The molecule has 29 heavy (non-hydrogen) atoms. The van der Waals surface area contributed by atoms with Gasteiger partial charge in [-0.1, -0.05) is 42.5 Å². The molecule has 0 radical (unpaired) electrons. The van der Waals surface area contributed by atoms with E-state index in [-0.39, 0.29) is 11.9 Å². The van der Waals surface area contributed by atoms with Crippen LogP contribution >= 0.6 is 0 Å². The zero-order valence-corrected chi connectivity index (χ0v) is 16.8. The van der Waals surface area contributed by atoms with Gasteiger partial charge in [0.15, 0.2) is 0 Å². The van der Waals surface area contributed by atoms with Crippen molar-refractivity contribution in [3.63, 3.8) is 0 Å². The van der Waals surface area contributed by atoms with Gasteiger partial charge in [0.05, 0.1) is 0 Å². The quantitative estimate of drug-likeness (QED) is 0.838. The largest absolute Gasteiger partial charge is 0.334 e. The molecular formula is C24H29N3O2. The summed E-state index contributed by atoms with van der Waals surface area (Å²) in [6.45, 7) is 2.95. The maximum Gasteiger partial charge on any atom is 0.317 e. The van der Waals surface area contributed by atoms with E-state index in [2.05, 4.69) is 35.6 Å². The lowest BCUT2D eigenvalue weighted by molar-refractivity contribution is -0.117. The summed E-state index contributed by atoms with van der Waals surface area (Å²) in [4.78, 5) is 28.1. The fourth-order valence-corrected chi connectivity index (χ4v) is 4.29. The number of rotatable bonds is 5. The maximum atomic E-state index is 12.5. The predicted molar refractivity (Wildman–Crippen MR) is 115 cm³/mol. The van der Waals surface area contributed by atoms with Crippen molar-refractivity contribution in [1.82, 2.24) is 10.2 Å². The zero-order valence-electron chi connectivity index (χ0n) is 16.8. The number of likely N-dealkylation sites (tertiary alicyclic amines) is 1. The first kappa shape index (κ1) is 19.5. The maximum absolute atomic E-state index is 12.5. The minimum Gasteiger partial charge on any atom is -0.334 e. The van der Waals surface area contributed by atoms with Gasteiger partial charge in [-0.05, 0) is 54.9 Å². The molecule has 0 saturated carbocycles. The molecule has 4 rings (SSSR count). The Morgan fingerprint density at radius 1 is 0.931 bits per heavy atom. The van der Waals surface area contributed by atoms with E-state index in [4.69, 9.17) is 0 Å². The van der Waals surface area contributed by atoms with Crippen LogP contribution in [0.25, 0.3) is 0 Å². The molecule has 2 fully saturated rings. The lowest BCUT2D eigenvalue weighted by Crippen LogP contribution is -2.44. The molecule has 0 aromatic heterocycles. The number of carbonyl (C=O) groups excluding carboxylic acids is 2. The first-order valence-corrected chi connectivity index (χ1v) is 10.6. The van der Waals surface area contributed by atoms with Crippen molar-refractivity contribution in [2.24, 2.45) is 5.92 Å². The molecule has 2 aliphatic rings. The molecule has 2 aromatic rings. The molecule has 3 amide bonds. The normalized spacial score (nSPS) is 17.6. The fourth-order valence-electron chi connectivity index (χ4n) is 4.29. The number of hydrogen-bond acceptors (Lipinski definition) is 2. The van der Waals surface area contributed by atoms with Crippen molar-refractivity contribution in [3.8, 4) is 0 Å². The van der Waals surface area contributed by atoms with Crippen LogP contribution in [0, 0.1) is 5.92 Å². The van der Waals surface area contributed by atoms with Gasteiger partial charge in [0.1, 0.15) is 0 Å². The molecular weight excluding hydrogens is 362 g/mol. The van der Waals surface area contributed by atoms with E-state index in [1.54, 1.807) is 0 Å². The van der Waals surface area contributed by atoms with Crippen molar-refractivity contribution in [1.29, 1.82) is 0 Å². The highest BCUT2D eigenvalue weighted by molar-refractivity contribution is 5.95. The van der Waals surface area contributed by atoms with E-state index in [9.17, 15) is 9.59 Å². The SMILES string of the molecule is O=C(NCc1ccc(N2CCCC2=O)cc1)N1CCC(Cc2ccccc2)CC1. The van der Waals surface area contributed by atoms with Crippen molar-refractivity contribution < 1.29 is 9.59 Å². The summed E-state index contributed by atoms with van der Waals surface area (Å²) in [5, 5.41) is 3.04. The monoisotopic (exact) mass is 391 g/mol. The average molecular weight is 392 g/mol. The van der Waals surface area contributed by atoms with E-state index in [0.717, 1.165) is 56.6 Å². The third kappa shape index (κ3) is 4.97. The highest BCUT2D eigenvalue weighted by Crippen LogP contribution is 2.23. The summed E-state index contributed by atoms with van der Waals surface area (Å²) in [5.74, 6) is 0.851. The van der Waals surface area contributed by atoms with Gasteiger partial charge in [0.2, 0.25) is 5.91 Å². The third-order valence-corrected chi connectivity index (χ3v) is 6.03.